The van der Waals surface area contributed by atoms with Crippen molar-refractivity contribution in [3.05, 3.63) is 0 Å². The van der Waals surface area contributed by atoms with Crippen LogP contribution in [0.15, 0.2) is 0 Å². The van der Waals surface area contributed by atoms with E-state index in [4.69, 9.17) is 18.5 Å². The van der Waals surface area contributed by atoms with Crippen LogP contribution >= 0.6 is 7.82 Å². The summed E-state index contributed by atoms with van der Waals surface area (Å²) in [5, 5.41) is 50.0. The monoisotopic (exact) mass is 853 g/mol. The number of aliphatic hydroxyl groups is 5. The first-order valence-corrected chi connectivity index (χ1v) is 24.8. The van der Waals surface area contributed by atoms with Crippen LogP contribution < -0.4 is 0 Å². The summed E-state index contributed by atoms with van der Waals surface area (Å²) in [6.45, 7) is 3.26. The van der Waals surface area contributed by atoms with Crippen molar-refractivity contribution in [3.63, 3.8) is 0 Å². The Labute approximate surface area is 351 Å². The van der Waals surface area contributed by atoms with Crippen LogP contribution in [0.2, 0.25) is 0 Å². The molecule has 0 aromatic heterocycles. The number of esters is 2. The predicted molar refractivity (Wildman–Crippen MR) is 226 cm³/mol. The Balaban J connectivity index is 2.32. The predicted octanol–water partition coefficient (Wildman–Crippen LogP) is 8.89. The number of carbonyl (C=O) groups is 2. The molecule has 0 amide bonds. The standard InChI is InChI=1S/C44H85O13P/c1-3-5-7-9-11-12-13-14-15-16-17-18-19-20-21-22-23-24-25-27-29-31-33-38(46)56-36(34-54-37(45)32-30-28-26-10-8-6-4-2)35-55-58(52,53)57-44-42(50)40(48)39(47)41(49)43(44)51/h36,39-44,47-51H,3-35H2,1-2H3,(H,52,53)/t36-,39?,40-,41?,42?,43?,44?/m1/s1. The molecule has 0 aliphatic heterocycles. The number of aliphatic hydroxyl groups excluding tert-OH is 5. The molecule has 58 heavy (non-hydrogen) atoms. The normalized spacial score (nSPS) is 22.4. The number of carbonyl (C=O) groups excluding carboxylic acids is 2. The van der Waals surface area contributed by atoms with Crippen molar-refractivity contribution in [1.82, 2.24) is 0 Å². The van der Waals surface area contributed by atoms with Crippen molar-refractivity contribution in [2.24, 2.45) is 0 Å². The van der Waals surface area contributed by atoms with Gasteiger partial charge in [0.05, 0.1) is 6.61 Å². The van der Waals surface area contributed by atoms with Crippen molar-refractivity contribution in [3.8, 4) is 0 Å². The van der Waals surface area contributed by atoms with E-state index >= 15 is 0 Å². The van der Waals surface area contributed by atoms with Crippen molar-refractivity contribution < 1.29 is 63.1 Å². The molecule has 6 N–H and O–H groups in total. The lowest BCUT2D eigenvalue weighted by atomic mass is 9.85. The highest BCUT2D eigenvalue weighted by atomic mass is 31.2. The van der Waals surface area contributed by atoms with Crippen LogP contribution in [0.25, 0.3) is 0 Å². The minimum atomic E-state index is -5.10. The molecule has 0 aromatic carbocycles. The maximum atomic E-state index is 12.8. The highest BCUT2D eigenvalue weighted by Gasteiger charge is 2.51. The van der Waals surface area contributed by atoms with E-state index in [-0.39, 0.29) is 12.8 Å². The summed E-state index contributed by atoms with van der Waals surface area (Å²) in [6.07, 6.45) is 22.0. The molecule has 0 radical (unpaired) electrons. The summed E-state index contributed by atoms with van der Waals surface area (Å²) in [5.74, 6) is -1.09. The van der Waals surface area contributed by atoms with Crippen LogP contribution in [0.4, 0.5) is 0 Å². The van der Waals surface area contributed by atoms with Crippen LogP contribution in [0.5, 0.6) is 0 Å². The molecular weight excluding hydrogens is 767 g/mol. The van der Waals surface area contributed by atoms with E-state index in [2.05, 4.69) is 13.8 Å². The summed E-state index contributed by atoms with van der Waals surface area (Å²) in [6, 6.07) is 0. The number of phosphoric ester groups is 1. The Morgan fingerprint density at radius 3 is 1.14 bits per heavy atom. The Kier molecular flexibility index (Phi) is 33.5. The zero-order valence-electron chi connectivity index (χ0n) is 36.4. The van der Waals surface area contributed by atoms with Crippen LogP contribution in [-0.4, -0.2) is 98.3 Å². The second-order valence-corrected chi connectivity index (χ2v) is 18.0. The van der Waals surface area contributed by atoms with Gasteiger partial charge < -0.3 is 39.9 Å². The summed E-state index contributed by atoms with van der Waals surface area (Å²) in [5.41, 5.74) is 0. The van der Waals surface area contributed by atoms with Gasteiger partial charge in [-0.3, -0.25) is 18.6 Å². The summed E-state index contributed by atoms with van der Waals surface area (Å²) >= 11 is 0. The van der Waals surface area contributed by atoms with Gasteiger partial charge in [-0.25, -0.2) is 4.57 Å². The molecule has 1 rings (SSSR count). The van der Waals surface area contributed by atoms with Crippen LogP contribution in [0.1, 0.15) is 213 Å². The van der Waals surface area contributed by atoms with Gasteiger partial charge in [0.1, 0.15) is 43.2 Å². The molecule has 1 saturated carbocycles. The lowest BCUT2D eigenvalue weighted by Crippen LogP contribution is -2.64. The zero-order valence-corrected chi connectivity index (χ0v) is 37.3. The van der Waals surface area contributed by atoms with E-state index in [1.165, 1.54) is 122 Å². The molecule has 0 aromatic rings. The lowest BCUT2D eigenvalue weighted by Gasteiger charge is -2.41. The lowest BCUT2D eigenvalue weighted by molar-refractivity contribution is -0.220. The molecule has 6 unspecified atom stereocenters. The molecule has 1 fully saturated rings. The molecule has 0 spiro atoms. The molecular formula is C44H85O13P. The van der Waals surface area contributed by atoms with E-state index in [0.717, 1.165) is 51.4 Å². The topological polar surface area (TPSA) is 210 Å². The average molecular weight is 853 g/mol. The van der Waals surface area contributed by atoms with E-state index in [0.29, 0.717) is 12.8 Å². The molecule has 13 nitrogen and oxygen atoms in total. The Morgan fingerprint density at radius 1 is 0.466 bits per heavy atom. The van der Waals surface area contributed by atoms with Crippen molar-refractivity contribution >= 4 is 19.8 Å². The molecule has 344 valence electrons. The summed E-state index contributed by atoms with van der Waals surface area (Å²) in [4.78, 5) is 35.5. The minimum Gasteiger partial charge on any atom is -0.462 e. The number of unbranched alkanes of at least 4 members (excludes halogenated alkanes) is 27. The quantitative estimate of drug-likeness (QED) is 0.0194. The summed E-state index contributed by atoms with van der Waals surface area (Å²) < 4.78 is 33.4. The highest BCUT2D eigenvalue weighted by molar-refractivity contribution is 7.47. The minimum absolute atomic E-state index is 0.105. The second-order valence-electron chi connectivity index (χ2n) is 16.6. The number of phosphoric acid groups is 1. The fourth-order valence-electron chi connectivity index (χ4n) is 7.41. The third-order valence-corrected chi connectivity index (χ3v) is 12.2. The molecule has 8 atom stereocenters. The van der Waals surface area contributed by atoms with Crippen molar-refractivity contribution in [2.75, 3.05) is 13.2 Å². The number of hydrogen-bond donors (Lipinski definition) is 6. The third-order valence-electron chi connectivity index (χ3n) is 11.2. The van der Waals surface area contributed by atoms with Gasteiger partial charge in [0.25, 0.3) is 0 Å². The van der Waals surface area contributed by atoms with Crippen LogP contribution in [0, 0.1) is 0 Å². The smallest absolute Gasteiger partial charge is 0.462 e. The number of ether oxygens (including phenoxy) is 2. The molecule has 0 bridgehead atoms. The van der Waals surface area contributed by atoms with E-state index in [1.807, 2.05) is 0 Å². The first-order valence-electron chi connectivity index (χ1n) is 23.3. The SMILES string of the molecule is CCCCCCCCCCCCCCCCCCCCCCCCC(=O)O[C@H](COC(=O)CCCCCCCCC)COP(=O)(O)OC1C(O)C(O)C(O)[C@@H](O)C1O. The maximum absolute atomic E-state index is 12.8. The summed E-state index contributed by atoms with van der Waals surface area (Å²) in [7, 11) is -5.10. The Hall–Kier alpha value is -1.15. The second kappa shape index (κ2) is 35.4. The van der Waals surface area contributed by atoms with E-state index < -0.39 is 75.7 Å². The Morgan fingerprint density at radius 2 is 0.776 bits per heavy atom. The third kappa shape index (κ3) is 27.6. The highest BCUT2D eigenvalue weighted by Crippen LogP contribution is 2.47. The number of hydrogen-bond acceptors (Lipinski definition) is 12. The fraction of sp³-hybridized carbons (Fsp3) is 0.955. The van der Waals surface area contributed by atoms with Gasteiger partial charge in [-0.05, 0) is 12.8 Å². The van der Waals surface area contributed by atoms with Gasteiger partial charge >= 0.3 is 19.8 Å². The average Bonchev–Trinajstić information content (AvgIpc) is 3.20. The van der Waals surface area contributed by atoms with E-state index in [1.54, 1.807) is 0 Å². The first kappa shape index (κ1) is 54.9. The molecule has 14 heteroatoms. The van der Waals surface area contributed by atoms with Gasteiger partial charge in [0.2, 0.25) is 0 Å². The largest absolute Gasteiger partial charge is 0.472 e. The molecule has 1 aliphatic carbocycles. The van der Waals surface area contributed by atoms with Gasteiger partial charge in [-0.1, -0.05) is 187 Å². The van der Waals surface area contributed by atoms with Gasteiger partial charge in [0, 0.05) is 12.8 Å². The molecule has 0 heterocycles. The van der Waals surface area contributed by atoms with Gasteiger partial charge in [-0.2, -0.15) is 0 Å². The van der Waals surface area contributed by atoms with Crippen LogP contribution in [-0.2, 0) is 32.7 Å². The zero-order chi connectivity index (χ0) is 42.9. The first-order chi connectivity index (χ1) is 27.9. The van der Waals surface area contributed by atoms with Crippen molar-refractivity contribution in [2.45, 2.75) is 256 Å². The van der Waals surface area contributed by atoms with Gasteiger partial charge in [-0.15, -0.1) is 0 Å². The van der Waals surface area contributed by atoms with E-state index in [9.17, 15) is 44.6 Å². The van der Waals surface area contributed by atoms with Gasteiger partial charge in [0.15, 0.2) is 6.10 Å². The fourth-order valence-corrected chi connectivity index (χ4v) is 8.38. The van der Waals surface area contributed by atoms with Crippen molar-refractivity contribution in [1.29, 1.82) is 0 Å². The number of rotatable bonds is 39. The molecule has 1 aliphatic rings. The maximum Gasteiger partial charge on any atom is 0.472 e. The molecule has 0 saturated heterocycles. The Bertz CT molecular complexity index is 1030. The van der Waals surface area contributed by atoms with Crippen LogP contribution in [0.3, 0.4) is 0 Å².